The van der Waals surface area contributed by atoms with Gasteiger partial charge in [0.05, 0.1) is 6.54 Å². The molecule has 2 nitrogen and oxygen atoms in total. The summed E-state index contributed by atoms with van der Waals surface area (Å²) in [6, 6.07) is 18.6. The van der Waals surface area contributed by atoms with E-state index in [9.17, 15) is 0 Å². The Hall–Kier alpha value is -2.21. The number of quaternary nitrogens is 1. The number of benzene rings is 2. The molecule has 2 aromatic carbocycles. The molecule has 0 saturated carbocycles. The zero-order valence-corrected chi connectivity index (χ0v) is 13.1. The van der Waals surface area contributed by atoms with Crippen molar-refractivity contribution in [2.75, 3.05) is 13.1 Å². The average Bonchev–Trinajstić information content (AvgIpc) is 2.95. The largest absolute Gasteiger partial charge is 1.00 e. The predicted molar refractivity (Wildman–Crippen MR) is 87.0 cm³/mol. The van der Waals surface area contributed by atoms with Crippen molar-refractivity contribution in [1.82, 2.24) is 4.98 Å². The number of aromatic nitrogens is 1. The molecule has 0 spiro atoms. The molecule has 3 N–H and O–H groups in total. The maximum atomic E-state index is 3.32. The van der Waals surface area contributed by atoms with Crippen molar-refractivity contribution in [3.05, 3.63) is 71.9 Å². The zero-order valence-electron chi connectivity index (χ0n) is 12.4. The van der Waals surface area contributed by atoms with Gasteiger partial charge in [-0.15, -0.1) is 0 Å². The third-order valence-electron chi connectivity index (χ3n) is 3.55. The number of nitrogens with two attached hydrogens (primary N) is 1. The molecule has 3 heteroatoms. The van der Waals surface area contributed by atoms with Crippen molar-refractivity contribution in [3.63, 3.8) is 0 Å². The molecule has 0 radical (unpaired) electrons. The van der Waals surface area contributed by atoms with Gasteiger partial charge in [-0.05, 0) is 29.7 Å². The maximum Gasteiger partial charge on any atom is 0.138 e. The molecular formula is C19H19ClN2. The minimum Gasteiger partial charge on any atom is -1.00 e. The van der Waals surface area contributed by atoms with Crippen LogP contribution in [0.15, 0.2) is 60.8 Å². The molecule has 3 rings (SSSR count). The topological polar surface area (TPSA) is 32.4 Å². The number of hydrogen-bond donors (Lipinski definition) is 2. The molecule has 0 unspecified atom stereocenters. The van der Waals surface area contributed by atoms with E-state index in [-0.39, 0.29) is 12.4 Å². The number of fused-ring (bicyclic) bond motifs is 1. The lowest BCUT2D eigenvalue weighted by molar-refractivity contribution is -0.643. The van der Waals surface area contributed by atoms with Crippen molar-refractivity contribution in [3.8, 4) is 11.8 Å². The van der Waals surface area contributed by atoms with E-state index in [1.807, 2.05) is 30.3 Å². The van der Waals surface area contributed by atoms with Crippen LogP contribution in [0.1, 0.15) is 11.1 Å². The van der Waals surface area contributed by atoms with Crippen LogP contribution in [0.25, 0.3) is 10.9 Å². The second-order valence-corrected chi connectivity index (χ2v) is 5.06. The Labute approximate surface area is 137 Å². The van der Waals surface area contributed by atoms with Gasteiger partial charge in [-0.2, -0.15) is 0 Å². The monoisotopic (exact) mass is 310 g/mol. The van der Waals surface area contributed by atoms with Crippen molar-refractivity contribution in [1.29, 1.82) is 0 Å². The van der Waals surface area contributed by atoms with Crippen LogP contribution >= 0.6 is 0 Å². The van der Waals surface area contributed by atoms with E-state index in [0.29, 0.717) is 0 Å². The predicted octanol–water partition coefficient (Wildman–Crippen LogP) is -0.670. The quantitative estimate of drug-likeness (QED) is 0.473. The maximum absolute atomic E-state index is 3.32. The number of rotatable bonds is 4. The van der Waals surface area contributed by atoms with Gasteiger partial charge < -0.3 is 22.7 Å². The Morgan fingerprint density at radius 3 is 2.59 bits per heavy atom. The zero-order chi connectivity index (χ0) is 14.3. The van der Waals surface area contributed by atoms with Gasteiger partial charge >= 0.3 is 0 Å². The van der Waals surface area contributed by atoms with E-state index >= 15 is 0 Å². The van der Waals surface area contributed by atoms with Crippen molar-refractivity contribution in [2.45, 2.75) is 6.42 Å². The van der Waals surface area contributed by atoms with Crippen LogP contribution < -0.4 is 17.7 Å². The SMILES string of the molecule is C(#Cc1ccccc1)C[NH2+]CCc1c[nH]c2ccccc12.[Cl-]. The molecule has 0 fully saturated rings. The van der Waals surface area contributed by atoms with E-state index < -0.39 is 0 Å². The molecule has 0 saturated heterocycles. The standard InChI is InChI=1S/C19H18N2.ClH/c1-2-7-16(8-3-1)9-6-13-20-14-12-17-15-21-19-11-5-4-10-18(17)19;/h1-5,7-8,10-11,15,20-21H,12-14H2;1H. The first kappa shape index (κ1) is 16.2. The van der Waals surface area contributed by atoms with E-state index in [1.54, 1.807) is 0 Å². The second-order valence-electron chi connectivity index (χ2n) is 5.06. The van der Waals surface area contributed by atoms with Crippen LogP contribution in [-0.2, 0) is 6.42 Å². The fraction of sp³-hybridized carbons (Fsp3) is 0.158. The molecule has 0 amide bonds. The normalized spacial score (nSPS) is 9.82. The molecule has 0 aliphatic heterocycles. The highest BCUT2D eigenvalue weighted by atomic mass is 35.5. The van der Waals surface area contributed by atoms with Gasteiger partial charge in [-0.25, -0.2) is 0 Å². The highest BCUT2D eigenvalue weighted by molar-refractivity contribution is 5.82. The third-order valence-corrected chi connectivity index (χ3v) is 3.55. The highest BCUT2D eigenvalue weighted by Crippen LogP contribution is 2.17. The summed E-state index contributed by atoms with van der Waals surface area (Å²) >= 11 is 0. The van der Waals surface area contributed by atoms with E-state index in [2.05, 4.69) is 52.6 Å². The number of hydrogen-bond acceptors (Lipinski definition) is 0. The molecule has 112 valence electrons. The van der Waals surface area contributed by atoms with Crippen LogP contribution in [0, 0.1) is 11.8 Å². The fourth-order valence-corrected chi connectivity index (χ4v) is 2.44. The molecule has 3 aromatic rings. The van der Waals surface area contributed by atoms with Crippen molar-refractivity contribution < 1.29 is 17.7 Å². The lowest BCUT2D eigenvalue weighted by Gasteiger charge is -1.97. The van der Waals surface area contributed by atoms with Gasteiger partial charge in [-0.3, -0.25) is 0 Å². The van der Waals surface area contributed by atoms with Gasteiger partial charge in [-0.1, -0.05) is 42.3 Å². The van der Waals surface area contributed by atoms with Crippen molar-refractivity contribution >= 4 is 10.9 Å². The van der Waals surface area contributed by atoms with Gasteiger partial charge in [0.15, 0.2) is 0 Å². The number of H-pyrrole nitrogens is 1. The minimum atomic E-state index is 0. The molecule has 0 aliphatic carbocycles. The summed E-state index contributed by atoms with van der Waals surface area (Å²) in [4.78, 5) is 3.32. The van der Waals surface area contributed by atoms with Gasteiger partial charge in [0.2, 0.25) is 0 Å². The summed E-state index contributed by atoms with van der Waals surface area (Å²) < 4.78 is 0. The second kappa shape index (κ2) is 8.29. The molecule has 22 heavy (non-hydrogen) atoms. The minimum absolute atomic E-state index is 0. The molecule has 0 bridgehead atoms. The number of nitrogens with one attached hydrogen (secondary N) is 1. The summed E-state index contributed by atoms with van der Waals surface area (Å²) in [5.74, 6) is 6.39. The molecule has 1 heterocycles. The van der Waals surface area contributed by atoms with E-state index in [1.165, 1.54) is 16.5 Å². The van der Waals surface area contributed by atoms with Gasteiger partial charge in [0.1, 0.15) is 6.54 Å². The Morgan fingerprint density at radius 2 is 1.73 bits per heavy atom. The van der Waals surface area contributed by atoms with Gasteiger partial charge in [0, 0.05) is 29.1 Å². The third kappa shape index (κ3) is 4.14. The number of aromatic amines is 1. The van der Waals surface area contributed by atoms with Crippen molar-refractivity contribution in [2.24, 2.45) is 0 Å². The van der Waals surface area contributed by atoms with Gasteiger partial charge in [0.25, 0.3) is 0 Å². The van der Waals surface area contributed by atoms with Crippen LogP contribution in [0.3, 0.4) is 0 Å². The Morgan fingerprint density at radius 1 is 0.955 bits per heavy atom. The molecule has 0 atom stereocenters. The molecular weight excluding hydrogens is 292 g/mol. The summed E-state index contributed by atoms with van der Waals surface area (Å²) in [7, 11) is 0. The Kier molecular flexibility index (Phi) is 6.09. The summed E-state index contributed by atoms with van der Waals surface area (Å²) in [5.41, 5.74) is 3.69. The highest BCUT2D eigenvalue weighted by Gasteiger charge is 2.02. The first-order valence-electron chi connectivity index (χ1n) is 7.34. The Balaban J connectivity index is 0.00000176. The Bertz CT molecular complexity index is 766. The molecule has 0 aliphatic rings. The lowest BCUT2D eigenvalue weighted by atomic mass is 10.1. The average molecular weight is 311 g/mol. The summed E-state index contributed by atoms with van der Waals surface area (Å²) in [6.45, 7) is 1.91. The van der Waals surface area contributed by atoms with Crippen LogP contribution in [0.5, 0.6) is 0 Å². The first-order valence-corrected chi connectivity index (χ1v) is 7.34. The van der Waals surface area contributed by atoms with Crippen LogP contribution in [0.4, 0.5) is 0 Å². The van der Waals surface area contributed by atoms with Crippen LogP contribution in [-0.4, -0.2) is 18.1 Å². The molecule has 1 aromatic heterocycles. The number of halogens is 1. The first-order chi connectivity index (χ1) is 10.4. The van der Waals surface area contributed by atoms with E-state index in [4.69, 9.17) is 0 Å². The van der Waals surface area contributed by atoms with Crippen LogP contribution in [0.2, 0.25) is 0 Å². The fourth-order valence-electron chi connectivity index (χ4n) is 2.44. The summed E-state index contributed by atoms with van der Waals surface area (Å²) in [5, 5.41) is 3.60. The lowest BCUT2D eigenvalue weighted by Crippen LogP contribution is -3.00. The number of para-hydroxylation sites is 1. The summed E-state index contributed by atoms with van der Waals surface area (Å²) in [6.07, 6.45) is 3.19. The van der Waals surface area contributed by atoms with E-state index in [0.717, 1.165) is 25.1 Å². The smallest absolute Gasteiger partial charge is 0.138 e.